The van der Waals surface area contributed by atoms with Gasteiger partial charge in [-0.3, -0.25) is 4.99 Å². The van der Waals surface area contributed by atoms with E-state index >= 15 is 0 Å². The quantitative estimate of drug-likeness (QED) is 0.808. The Bertz CT molecular complexity index is 816. The van der Waals surface area contributed by atoms with Crippen molar-refractivity contribution < 1.29 is 18.3 Å². The molecule has 0 saturated carbocycles. The second kappa shape index (κ2) is 9.15. The molecule has 2 N–H and O–H groups in total. The van der Waals surface area contributed by atoms with E-state index in [1.54, 1.807) is 25.1 Å². The number of rotatable bonds is 6. The highest BCUT2D eigenvalue weighted by Gasteiger charge is 2.32. The summed E-state index contributed by atoms with van der Waals surface area (Å²) in [4.78, 5) is 4.41. The molecule has 1 atom stereocenters. The molecule has 0 spiro atoms. The van der Waals surface area contributed by atoms with E-state index in [0.29, 0.717) is 23.6 Å². The van der Waals surface area contributed by atoms with Crippen LogP contribution in [0.5, 0.6) is 5.75 Å². The summed E-state index contributed by atoms with van der Waals surface area (Å²) in [6, 6.07) is 12.4. The number of halogens is 3. The average molecular weight is 397 g/mol. The van der Waals surface area contributed by atoms with Crippen LogP contribution >= 0.6 is 12.4 Å². The molecule has 2 aromatic carbocycles. The fourth-order valence-electron chi connectivity index (χ4n) is 3.13. The van der Waals surface area contributed by atoms with Gasteiger partial charge in [0.1, 0.15) is 42.8 Å². The number of nitrogens with zero attached hydrogens (tertiary/aromatic N) is 1. The Morgan fingerprint density at radius 1 is 1.26 bits per heavy atom. The standard InChI is InChI=1S/C20H22F2N2O2.ClH/c1-20(13-25-12-19(23)24-20)16-11-14(6-7-17(16)22)10-15-4-2-3-5-18(15)26-9-8-21;/h2-7,11H,8-10,12-13H2,1H3,(H2,23,24);1H/t20-;/m0./s1. The number of hydrogen-bond donors (Lipinski definition) is 1. The highest BCUT2D eigenvalue weighted by Crippen LogP contribution is 2.32. The summed E-state index contributed by atoms with van der Waals surface area (Å²) in [5.74, 6) is 0.638. The van der Waals surface area contributed by atoms with Gasteiger partial charge < -0.3 is 15.2 Å². The third-order valence-corrected chi connectivity index (χ3v) is 4.34. The molecule has 0 unspecified atom stereocenters. The van der Waals surface area contributed by atoms with Crippen LogP contribution in [0.3, 0.4) is 0 Å². The van der Waals surface area contributed by atoms with E-state index in [9.17, 15) is 8.78 Å². The largest absolute Gasteiger partial charge is 0.491 e. The molecule has 0 bridgehead atoms. The van der Waals surface area contributed by atoms with Crippen molar-refractivity contribution >= 4 is 18.2 Å². The maximum atomic E-state index is 14.5. The lowest BCUT2D eigenvalue weighted by Crippen LogP contribution is -2.38. The lowest BCUT2D eigenvalue weighted by Gasteiger charge is -2.30. The van der Waals surface area contributed by atoms with E-state index in [0.717, 1.165) is 11.1 Å². The Hall–Kier alpha value is -2.18. The van der Waals surface area contributed by atoms with Gasteiger partial charge >= 0.3 is 0 Å². The summed E-state index contributed by atoms with van der Waals surface area (Å²) >= 11 is 0. The van der Waals surface area contributed by atoms with Gasteiger partial charge in [0.25, 0.3) is 0 Å². The Labute approximate surface area is 163 Å². The lowest BCUT2D eigenvalue weighted by molar-refractivity contribution is 0.104. The van der Waals surface area contributed by atoms with Gasteiger partial charge in [0.15, 0.2) is 0 Å². The minimum Gasteiger partial charge on any atom is -0.491 e. The minimum absolute atomic E-state index is 0. The number of alkyl halides is 1. The summed E-state index contributed by atoms with van der Waals surface area (Å²) < 4.78 is 37.8. The third-order valence-electron chi connectivity index (χ3n) is 4.34. The van der Waals surface area contributed by atoms with Crippen LogP contribution in [0, 0.1) is 5.82 Å². The predicted octanol–water partition coefficient (Wildman–Crippen LogP) is 3.79. The topological polar surface area (TPSA) is 56.8 Å². The van der Waals surface area contributed by atoms with Gasteiger partial charge in [0, 0.05) is 12.0 Å². The Kier molecular flexibility index (Phi) is 7.16. The van der Waals surface area contributed by atoms with E-state index in [4.69, 9.17) is 15.2 Å². The number of ether oxygens (including phenoxy) is 2. The molecule has 0 radical (unpaired) electrons. The van der Waals surface area contributed by atoms with Gasteiger partial charge in [0.2, 0.25) is 0 Å². The number of benzene rings is 2. The molecule has 0 aliphatic carbocycles. The van der Waals surface area contributed by atoms with Crippen molar-refractivity contribution in [3.8, 4) is 5.75 Å². The SMILES string of the molecule is C[C@@]1(c2cc(Cc3ccccc3OCCF)ccc2F)COCC(N)=N1.Cl. The van der Waals surface area contributed by atoms with Crippen LogP contribution in [0.4, 0.5) is 8.78 Å². The second-order valence-electron chi connectivity index (χ2n) is 6.51. The second-order valence-corrected chi connectivity index (χ2v) is 6.51. The van der Waals surface area contributed by atoms with Gasteiger partial charge in [-0.05, 0) is 30.2 Å². The summed E-state index contributed by atoms with van der Waals surface area (Å²) in [7, 11) is 0. The molecule has 2 aromatic rings. The van der Waals surface area contributed by atoms with Crippen molar-refractivity contribution in [2.45, 2.75) is 18.9 Å². The Balaban J connectivity index is 0.00000261. The fraction of sp³-hybridized carbons (Fsp3) is 0.350. The molecule has 0 amide bonds. The molecule has 0 fully saturated rings. The smallest absolute Gasteiger partial charge is 0.128 e. The van der Waals surface area contributed by atoms with Crippen molar-refractivity contribution in [3.63, 3.8) is 0 Å². The number of hydrogen-bond acceptors (Lipinski definition) is 4. The highest BCUT2D eigenvalue weighted by molar-refractivity contribution is 5.85. The number of para-hydroxylation sites is 1. The predicted molar refractivity (Wildman–Crippen MR) is 104 cm³/mol. The molecule has 146 valence electrons. The fourth-order valence-corrected chi connectivity index (χ4v) is 3.13. The maximum Gasteiger partial charge on any atom is 0.128 e. The molecule has 3 rings (SSSR count). The van der Waals surface area contributed by atoms with Crippen molar-refractivity contribution in [3.05, 3.63) is 65.0 Å². The van der Waals surface area contributed by atoms with E-state index in [1.165, 1.54) is 6.07 Å². The summed E-state index contributed by atoms with van der Waals surface area (Å²) in [6.07, 6.45) is 0.534. The van der Waals surface area contributed by atoms with Crippen LogP contribution in [0.15, 0.2) is 47.5 Å². The van der Waals surface area contributed by atoms with Gasteiger partial charge in [-0.1, -0.05) is 30.3 Å². The van der Waals surface area contributed by atoms with Crippen LogP contribution in [0.2, 0.25) is 0 Å². The van der Waals surface area contributed by atoms with E-state index < -0.39 is 12.2 Å². The van der Waals surface area contributed by atoms with Crippen LogP contribution in [-0.2, 0) is 16.7 Å². The molecule has 1 heterocycles. The average Bonchev–Trinajstić information content (AvgIpc) is 2.62. The van der Waals surface area contributed by atoms with Crippen molar-refractivity contribution in [1.29, 1.82) is 0 Å². The molecule has 0 aromatic heterocycles. The molecule has 27 heavy (non-hydrogen) atoms. The molecule has 4 nitrogen and oxygen atoms in total. The van der Waals surface area contributed by atoms with Gasteiger partial charge in [-0.25, -0.2) is 8.78 Å². The van der Waals surface area contributed by atoms with Gasteiger partial charge in [-0.2, -0.15) is 0 Å². The zero-order valence-corrected chi connectivity index (χ0v) is 15.9. The maximum absolute atomic E-state index is 14.5. The van der Waals surface area contributed by atoms with Gasteiger partial charge in [-0.15, -0.1) is 12.4 Å². The molecule has 7 heteroatoms. The molecule has 1 aliphatic heterocycles. The van der Waals surface area contributed by atoms with Crippen LogP contribution in [0.25, 0.3) is 0 Å². The van der Waals surface area contributed by atoms with Crippen LogP contribution < -0.4 is 10.5 Å². The van der Waals surface area contributed by atoms with Crippen molar-refractivity contribution in [1.82, 2.24) is 0 Å². The van der Waals surface area contributed by atoms with Crippen molar-refractivity contribution in [2.24, 2.45) is 10.7 Å². The van der Waals surface area contributed by atoms with E-state index in [2.05, 4.69) is 4.99 Å². The Morgan fingerprint density at radius 3 is 2.78 bits per heavy atom. The van der Waals surface area contributed by atoms with Crippen LogP contribution in [0.1, 0.15) is 23.6 Å². The van der Waals surface area contributed by atoms with E-state index in [-0.39, 0.29) is 38.0 Å². The molecule has 0 saturated heterocycles. The first kappa shape index (κ1) is 21.1. The number of amidine groups is 1. The molecule has 1 aliphatic rings. The first-order valence-electron chi connectivity index (χ1n) is 8.49. The number of aliphatic imine (C=N–C) groups is 1. The first-order chi connectivity index (χ1) is 12.5. The van der Waals surface area contributed by atoms with Gasteiger partial charge in [0.05, 0.1) is 6.61 Å². The van der Waals surface area contributed by atoms with E-state index in [1.807, 2.05) is 18.2 Å². The summed E-state index contributed by atoms with van der Waals surface area (Å²) in [5.41, 5.74) is 7.18. The monoisotopic (exact) mass is 396 g/mol. The zero-order valence-electron chi connectivity index (χ0n) is 15.1. The summed E-state index contributed by atoms with van der Waals surface area (Å²) in [6.45, 7) is 1.79. The number of nitrogens with two attached hydrogens (primary N) is 1. The third kappa shape index (κ3) is 4.96. The first-order valence-corrected chi connectivity index (χ1v) is 8.49. The molecular formula is C20H23ClF2N2O2. The summed E-state index contributed by atoms with van der Waals surface area (Å²) in [5, 5.41) is 0. The lowest BCUT2D eigenvalue weighted by atomic mass is 9.89. The van der Waals surface area contributed by atoms with Crippen molar-refractivity contribution in [2.75, 3.05) is 26.5 Å². The Morgan fingerprint density at radius 2 is 2.04 bits per heavy atom. The zero-order chi connectivity index (χ0) is 18.6. The molecular weight excluding hydrogens is 374 g/mol. The normalized spacial score (nSPS) is 19.1. The minimum atomic E-state index is -0.854. The van der Waals surface area contributed by atoms with Crippen LogP contribution in [-0.4, -0.2) is 32.3 Å². The highest BCUT2D eigenvalue weighted by atomic mass is 35.5.